The van der Waals surface area contributed by atoms with E-state index < -0.39 is 0 Å². The number of aryl methyl sites for hydroxylation is 1. The van der Waals surface area contributed by atoms with Crippen LogP contribution in [0.3, 0.4) is 0 Å². The fourth-order valence-electron chi connectivity index (χ4n) is 3.23. The molecule has 0 unspecified atom stereocenters. The average Bonchev–Trinajstić information content (AvgIpc) is 3.01. The standard InChI is InChI=1S/C19H20N2O3/c1-13-5-3-4-6-16(13)20(2)15-10-21(11-15)19(22)14-7-8-17-18(9-14)24-12-23-17/h3-9,15H,10-12H2,1-2H3. The third-order valence-corrected chi connectivity index (χ3v) is 4.81. The summed E-state index contributed by atoms with van der Waals surface area (Å²) in [6, 6.07) is 14.0. The van der Waals surface area contributed by atoms with Gasteiger partial charge in [-0.15, -0.1) is 0 Å². The highest BCUT2D eigenvalue weighted by Gasteiger charge is 2.34. The lowest BCUT2D eigenvalue weighted by atomic mass is 10.0. The second kappa shape index (κ2) is 5.74. The lowest BCUT2D eigenvalue weighted by molar-refractivity contribution is 0.0603. The van der Waals surface area contributed by atoms with Gasteiger partial charge in [-0.2, -0.15) is 0 Å². The van der Waals surface area contributed by atoms with Crippen molar-refractivity contribution in [2.24, 2.45) is 0 Å². The summed E-state index contributed by atoms with van der Waals surface area (Å²) >= 11 is 0. The molecule has 1 amide bonds. The van der Waals surface area contributed by atoms with Crippen LogP contribution in [0.1, 0.15) is 15.9 Å². The SMILES string of the molecule is Cc1ccccc1N(C)C1CN(C(=O)c2ccc3c(c2)OCO3)C1. The van der Waals surface area contributed by atoms with E-state index in [1.165, 1.54) is 11.3 Å². The first-order valence-electron chi connectivity index (χ1n) is 8.11. The number of benzene rings is 2. The van der Waals surface area contributed by atoms with E-state index in [9.17, 15) is 4.79 Å². The highest BCUT2D eigenvalue weighted by atomic mass is 16.7. The quantitative estimate of drug-likeness (QED) is 0.870. The molecule has 0 bridgehead atoms. The number of likely N-dealkylation sites (N-methyl/N-ethyl adjacent to an activating group) is 1. The number of rotatable bonds is 3. The van der Waals surface area contributed by atoms with Crippen molar-refractivity contribution < 1.29 is 14.3 Å². The predicted octanol–water partition coefficient (Wildman–Crippen LogP) is 2.68. The van der Waals surface area contributed by atoms with E-state index in [0.29, 0.717) is 23.1 Å². The van der Waals surface area contributed by atoms with E-state index in [1.807, 2.05) is 17.0 Å². The maximum Gasteiger partial charge on any atom is 0.254 e. The minimum atomic E-state index is 0.0442. The van der Waals surface area contributed by atoms with Gasteiger partial charge in [0.15, 0.2) is 11.5 Å². The number of carbonyl (C=O) groups excluding carboxylic acids is 1. The number of hydrogen-bond donors (Lipinski definition) is 0. The van der Waals surface area contributed by atoms with Crippen LogP contribution in [0, 0.1) is 6.92 Å². The molecule has 0 saturated carbocycles. The molecule has 1 fully saturated rings. The molecule has 0 radical (unpaired) electrons. The predicted molar refractivity (Wildman–Crippen MR) is 91.8 cm³/mol. The Morgan fingerprint density at radius 2 is 1.88 bits per heavy atom. The molecule has 2 heterocycles. The molecule has 24 heavy (non-hydrogen) atoms. The van der Waals surface area contributed by atoms with Gasteiger partial charge in [-0.3, -0.25) is 4.79 Å². The van der Waals surface area contributed by atoms with Crippen LogP contribution in [-0.2, 0) is 0 Å². The average molecular weight is 324 g/mol. The summed E-state index contributed by atoms with van der Waals surface area (Å²) in [5.41, 5.74) is 3.12. The first kappa shape index (κ1) is 14.9. The Morgan fingerprint density at radius 3 is 2.67 bits per heavy atom. The molecule has 4 rings (SSSR count). The van der Waals surface area contributed by atoms with Gasteiger partial charge in [0, 0.05) is 31.4 Å². The number of para-hydroxylation sites is 1. The summed E-state index contributed by atoms with van der Waals surface area (Å²) in [5, 5.41) is 0. The fraction of sp³-hybridized carbons (Fsp3) is 0.316. The number of amides is 1. The van der Waals surface area contributed by atoms with Crippen LogP contribution in [0.4, 0.5) is 5.69 Å². The minimum Gasteiger partial charge on any atom is -0.454 e. The normalized spacial score (nSPS) is 16.0. The number of nitrogens with zero attached hydrogens (tertiary/aromatic N) is 2. The minimum absolute atomic E-state index is 0.0442. The summed E-state index contributed by atoms with van der Waals surface area (Å²) in [4.78, 5) is 16.7. The Morgan fingerprint density at radius 1 is 1.12 bits per heavy atom. The molecule has 0 N–H and O–H groups in total. The topological polar surface area (TPSA) is 42.0 Å². The van der Waals surface area contributed by atoms with Gasteiger partial charge in [0.1, 0.15) is 0 Å². The highest BCUT2D eigenvalue weighted by Crippen LogP contribution is 2.33. The lowest BCUT2D eigenvalue weighted by Crippen LogP contribution is -2.60. The van der Waals surface area contributed by atoms with Crippen molar-refractivity contribution in [1.29, 1.82) is 0 Å². The third kappa shape index (κ3) is 2.46. The monoisotopic (exact) mass is 324 g/mol. The molecule has 2 aliphatic rings. The number of ether oxygens (including phenoxy) is 2. The van der Waals surface area contributed by atoms with Gasteiger partial charge in [-0.05, 0) is 36.8 Å². The van der Waals surface area contributed by atoms with Gasteiger partial charge >= 0.3 is 0 Å². The van der Waals surface area contributed by atoms with Gasteiger partial charge < -0.3 is 19.3 Å². The van der Waals surface area contributed by atoms with Crippen molar-refractivity contribution in [3.8, 4) is 11.5 Å². The first-order valence-corrected chi connectivity index (χ1v) is 8.11. The van der Waals surface area contributed by atoms with Crippen LogP contribution >= 0.6 is 0 Å². The van der Waals surface area contributed by atoms with Crippen LogP contribution in [0.15, 0.2) is 42.5 Å². The zero-order chi connectivity index (χ0) is 16.7. The van der Waals surface area contributed by atoms with Crippen LogP contribution in [0.5, 0.6) is 11.5 Å². The Balaban J connectivity index is 1.42. The van der Waals surface area contributed by atoms with Gasteiger partial charge in [0.25, 0.3) is 5.91 Å². The Bertz CT molecular complexity index is 784. The van der Waals surface area contributed by atoms with E-state index in [0.717, 1.165) is 13.1 Å². The molecular weight excluding hydrogens is 304 g/mol. The van der Waals surface area contributed by atoms with Crippen molar-refractivity contribution >= 4 is 11.6 Å². The molecule has 0 atom stereocenters. The summed E-state index contributed by atoms with van der Waals surface area (Å²) < 4.78 is 10.6. The van der Waals surface area contributed by atoms with Crippen LogP contribution < -0.4 is 14.4 Å². The van der Waals surface area contributed by atoms with Crippen molar-refractivity contribution in [1.82, 2.24) is 4.90 Å². The molecule has 5 nitrogen and oxygen atoms in total. The number of fused-ring (bicyclic) bond motifs is 1. The summed E-state index contributed by atoms with van der Waals surface area (Å²) in [6.07, 6.45) is 0. The van der Waals surface area contributed by atoms with E-state index >= 15 is 0 Å². The largest absolute Gasteiger partial charge is 0.454 e. The molecule has 124 valence electrons. The number of carbonyl (C=O) groups is 1. The third-order valence-electron chi connectivity index (χ3n) is 4.81. The first-order chi connectivity index (χ1) is 11.6. The molecular formula is C19H20N2O3. The zero-order valence-electron chi connectivity index (χ0n) is 13.9. The van der Waals surface area contributed by atoms with Gasteiger partial charge in [0.05, 0.1) is 6.04 Å². The molecule has 0 aliphatic carbocycles. The van der Waals surface area contributed by atoms with Crippen LogP contribution in [0.25, 0.3) is 0 Å². The fourth-order valence-corrected chi connectivity index (χ4v) is 3.23. The van der Waals surface area contributed by atoms with Gasteiger partial charge in [-0.25, -0.2) is 0 Å². The van der Waals surface area contributed by atoms with Crippen LogP contribution in [-0.4, -0.2) is 43.8 Å². The molecule has 1 saturated heterocycles. The molecule has 2 aromatic rings. The van der Waals surface area contributed by atoms with Crippen molar-refractivity contribution in [2.45, 2.75) is 13.0 Å². The summed E-state index contributed by atoms with van der Waals surface area (Å²) in [5.74, 6) is 1.39. The van der Waals surface area contributed by atoms with E-state index in [4.69, 9.17) is 9.47 Å². The molecule has 0 spiro atoms. The Hall–Kier alpha value is -2.69. The maximum atomic E-state index is 12.6. The summed E-state index contributed by atoms with van der Waals surface area (Å²) in [7, 11) is 2.09. The lowest BCUT2D eigenvalue weighted by Gasteiger charge is -2.45. The molecule has 0 aromatic heterocycles. The van der Waals surface area contributed by atoms with E-state index in [2.05, 4.69) is 31.0 Å². The second-order valence-corrected chi connectivity index (χ2v) is 6.33. The number of anilines is 1. The van der Waals surface area contributed by atoms with E-state index in [1.54, 1.807) is 18.2 Å². The number of likely N-dealkylation sites (tertiary alicyclic amines) is 1. The molecule has 2 aliphatic heterocycles. The van der Waals surface area contributed by atoms with E-state index in [-0.39, 0.29) is 12.7 Å². The van der Waals surface area contributed by atoms with Crippen molar-refractivity contribution in [3.05, 3.63) is 53.6 Å². The second-order valence-electron chi connectivity index (χ2n) is 6.33. The smallest absolute Gasteiger partial charge is 0.254 e. The zero-order valence-corrected chi connectivity index (χ0v) is 13.9. The Labute approximate surface area is 141 Å². The van der Waals surface area contributed by atoms with Gasteiger partial charge in [0.2, 0.25) is 6.79 Å². The van der Waals surface area contributed by atoms with Crippen molar-refractivity contribution in [2.75, 3.05) is 31.8 Å². The Kier molecular flexibility index (Phi) is 3.56. The maximum absolute atomic E-state index is 12.6. The molecule has 5 heteroatoms. The van der Waals surface area contributed by atoms with Crippen molar-refractivity contribution in [3.63, 3.8) is 0 Å². The molecule has 2 aromatic carbocycles. The number of hydrogen-bond acceptors (Lipinski definition) is 4. The summed E-state index contributed by atoms with van der Waals surface area (Å²) in [6.45, 7) is 3.80. The van der Waals surface area contributed by atoms with Gasteiger partial charge in [-0.1, -0.05) is 18.2 Å². The highest BCUT2D eigenvalue weighted by molar-refractivity contribution is 5.95. The van der Waals surface area contributed by atoms with Crippen LogP contribution in [0.2, 0.25) is 0 Å².